The number of aromatic nitrogens is 6. The van der Waals surface area contributed by atoms with Crippen LogP contribution in [0.25, 0.3) is 0 Å². The minimum atomic E-state index is -0.486. The number of hydrogen-bond acceptors (Lipinski definition) is 7. The first-order valence-electron chi connectivity index (χ1n) is 11.4. The fraction of sp³-hybridized carbons (Fsp3) is 0.320. The summed E-state index contributed by atoms with van der Waals surface area (Å²) in [6.07, 6.45) is 3.16. The maximum Gasteiger partial charge on any atom is 0.111 e. The number of benzene rings is 2. The van der Waals surface area contributed by atoms with E-state index in [9.17, 15) is 8.78 Å². The molecule has 0 amide bonds. The van der Waals surface area contributed by atoms with E-state index in [4.69, 9.17) is 14.7 Å². The summed E-state index contributed by atoms with van der Waals surface area (Å²) >= 11 is 3.38. The second kappa shape index (κ2) is 15.6. The zero-order valence-electron chi connectivity index (χ0n) is 20.0. The third-order valence-electron chi connectivity index (χ3n) is 4.77. The van der Waals surface area contributed by atoms with E-state index in [0.29, 0.717) is 43.4 Å². The number of hydrogen-bond donors (Lipinski definition) is 0. The van der Waals surface area contributed by atoms with E-state index in [-0.39, 0.29) is 13.1 Å². The number of rotatable bonds is 12. The summed E-state index contributed by atoms with van der Waals surface area (Å²) < 4.78 is 36.2. The van der Waals surface area contributed by atoms with E-state index in [1.807, 2.05) is 36.4 Å². The summed E-state index contributed by atoms with van der Waals surface area (Å²) in [6, 6.07) is 17.2. The molecule has 0 spiro atoms. The van der Waals surface area contributed by atoms with Gasteiger partial charge in [-0.25, -0.2) is 8.78 Å². The molecule has 0 saturated heterocycles. The van der Waals surface area contributed by atoms with Gasteiger partial charge in [-0.1, -0.05) is 40.2 Å². The molecular weight excluding hydrogens is 548 g/mol. The van der Waals surface area contributed by atoms with Crippen LogP contribution in [0.2, 0.25) is 0 Å². The highest BCUT2D eigenvalue weighted by Gasteiger charge is 2.02. The molecule has 0 unspecified atom stereocenters. The van der Waals surface area contributed by atoms with Crippen LogP contribution in [-0.2, 0) is 49.0 Å². The summed E-state index contributed by atoms with van der Waals surface area (Å²) in [5.41, 5.74) is 4.07. The van der Waals surface area contributed by atoms with E-state index in [1.54, 1.807) is 24.5 Å². The molecule has 2 heterocycles. The standard InChI is InChI=1S/C13H13FN4O.C12H13BrFN3O/c14-5-6-18-16-8-13(17-18)10-19-9-12-3-1-11(7-15)2-4-12;13-11-3-1-10(2-4-11)8-18-9-12-7-15-17(16-12)6-5-14/h1-4,8H,5-6,9-10H2;1-4,7H,5-6,8-9H2. The van der Waals surface area contributed by atoms with Crippen molar-refractivity contribution in [1.82, 2.24) is 30.0 Å². The summed E-state index contributed by atoms with van der Waals surface area (Å²) in [5.74, 6) is 0. The molecule has 2 aromatic heterocycles. The molecule has 4 rings (SSSR count). The van der Waals surface area contributed by atoms with Gasteiger partial charge in [0.05, 0.1) is 63.5 Å². The van der Waals surface area contributed by atoms with Crippen molar-refractivity contribution in [1.29, 1.82) is 5.26 Å². The molecule has 0 saturated carbocycles. The largest absolute Gasteiger partial charge is 0.370 e. The quantitative estimate of drug-likeness (QED) is 0.244. The molecule has 0 atom stereocenters. The van der Waals surface area contributed by atoms with Crippen LogP contribution in [-0.4, -0.2) is 43.3 Å². The third-order valence-corrected chi connectivity index (χ3v) is 5.30. The second-order valence-electron chi connectivity index (χ2n) is 7.66. The molecule has 2 aromatic carbocycles. The van der Waals surface area contributed by atoms with Crippen molar-refractivity contribution < 1.29 is 18.3 Å². The Bertz CT molecular complexity index is 1240. The average molecular weight is 574 g/mol. The van der Waals surface area contributed by atoms with Crippen LogP contribution in [0.5, 0.6) is 0 Å². The maximum atomic E-state index is 12.1. The van der Waals surface area contributed by atoms with Crippen LogP contribution in [0.15, 0.2) is 65.4 Å². The lowest BCUT2D eigenvalue weighted by Gasteiger charge is -2.02. The minimum absolute atomic E-state index is 0.162. The normalized spacial score (nSPS) is 10.5. The number of nitriles is 1. The van der Waals surface area contributed by atoms with Gasteiger partial charge >= 0.3 is 0 Å². The fourth-order valence-corrected chi connectivity index (χ4v) is 3.23. The lowest BCUT2D eigenvalue weighted by Crippen LogP contribution is -2.04. The van der Waals surface area contributed by atoms with Gasteiger partial charge in [0.2, 0.25) is 0 Å². The Morgan fingerprint density at radius 1 is 0.730 bits per heavy atom. The van der Waals surface area contributed by atoms with Crippen molar-refractivity contribution in [3.63, 3.8) is 0 Å². The highest BCUT2D eigenvalue weighted by molar-refractivity contribution is 9.10. The van der Waals surface area contributed by atoms with Gasteiger partial charge in [0.15, 0.2) is 0 Å². The smallest absolute Gasteiger partial charge is 0.111 e. The van der Waals surface area contributed by atoms with Crippen molar-refractivity contribution in [2.75, 3.05) is 13.3 Å². The van der Waals surface area contributed by atoms with E-state index in [0.717, 1.165) is 15.6 Å². The van der Waals surface area contributed by atoms with Crippen LogP contribution in [0.3, 0.4) is 0 Å². The first-order valence-corrected chi connectivity index (χ1v) is 12.2. The number of nitrogens with zero attached hydrogens (tertiary/aromatic N) is 7. The van der Waals surface area contributed by atoms with Gasteiger partial charge < -0.3 is 9.47 Å². The van der Waals surface area contributed by atoms with Gasteiger partial charge in [-0.15, -0.1) is 0 Å². The highest BCUT2D eigenvalue weighted by Crippen LogP contribution is 2.11. The first kappa shape index (κ1) is 28.0. The fourth-order valence-electron chi connectivity index (χ4n) is 2.97. The van der Waals surface area contributed by atoms with E-state index < -0.39 is 13.3 Å². The van der Waals surface area contributed by atoms with Crippen LogP contribution in [0.4, 0.5) is 8.78 Å². The molecule has 12 heteroatoms. The van der Waals surface area contributed by atoms with Gasteiger partial charge in [0.25, 0.3) is 0 Å². The summed E-state index contributed by atoms with van der Waals surface area (Å²) in [7, 11) is 0. The summed E-state index contributed by atoms with van der Waals surface area (Å²) in [5, 5.41) is 24.6. The van der Waals surface area contributed by atoms with Crippen LogP contribution in [0, 0.1) is 11.3 Å². The minimum Gasteiger partial charge on any atom is -0.370 e. The van der Waals surface area contributed by atoms with Gasteiger partial charge in [-0.3, -0.25) is 0 Å². The lowest BCUT2D eigenvalue weighted by atomic mass is 10.2. The molecule has 0 bridgehead atoms. The monoisotopic (exact) mass is 573 g/mol. The Morgan fingerprint density at radius 2 is 1.19 bits per heavy atom. The van der Waals surface area contributed by atoms with Crippen molar-refractivity contribution in [2.24, 2.45) is 0 Å². The van der Waals surface area contributed by atoms with E-state index in [2.05, 4.69) is 42.4 Å². The molecule has 194 valence electrons. The van der Waals surface area contributed by atoms with Crippen molar-refractivity contribution >= 4 is 15.9 Å². The Hall–Kier alpha value is -3.53. The predicted octanol–water partition coefficient (Wildman–Crippen LogP) is 4.56. The average Bonchev–Trinajstić information content (AvgIpc) is 3.56. The first-order chi connectivity index (χ1) is 18.1. The van der Waals surface area contributed by atoms with Crippen LogP contribution >= 0.6 is 15.9 Å². The lowest BCUT2D eigenvalue weighted by molar-refractivity contribution is 0.104. The molecule has 0 aliphatic rings. The molecular formula is C25H26BrF2N7O2. The predicted molar refractivity (Wildman–Crippen MR) is 134 cm³/mol. The SMILES string of the molecule is FCCn1ncc(COCc2ccc(Br)cc2)n1.N#Cc1ccc(COCc2cnn(CCF)n2)cc1. The van der Waals surface area contributed by atoms with Gasteiger partial charge in [-0.05, 0) is 35.4 Å². The van der Waals surface area contributed by atoms with E-state index >= 15 is 0 Å². The molecule has 0 N–H and O–H groups in total. The number of halogens is 3. The number of aryl methyl sites for hydroxylation is 2. The molecule has 0 fully saturated rings. The van der Waals surface area contributed by atoms with Crippen LogP contribution in [0.1, 0.15) is 28.1 Å². The number of ether oxygens (including phenoxy) is 2. The second-order valence-corrected chi connectivity index (χ2v) is 8.58. The molecule has 4 aromatic rings. The summed E-state index contributed by atoms with van der Waals surface area (Å²) in [6.45, 7) is 1.05. The highest BCUT2D eigenvalue weighted by atomic mass is 79.9. The van der Waals surface area contributed by atoms with Gasteiger partial charge in [0, 0.05) is 4.47 Å². The zero-order chi connectivity index (χ0) is 26.3. The molecule has 37 heavy (non-hydrogen) atoms. The summed E-state index contributed by atoms with van der Waals surface area (Å²) in [4.78, 5) is 2.64. The van der Waals surface area contributed by atoms with E-state index in [1.165, 1.54) is 9.59 Å². The number of alkyl halides is 2. The zero-order valence-corrected chi connectivity index (χ0v) is 21.6. The third kappa shape index (κ3) is 10.2. The Morgan fingerprint density at radius 3 is 1.62 bits per heavy atom. The molecule has 0 aliphatic carbocycles. The van der Waals surface area contributed by atoms with Crippen molar-refractivity contribution in [3.8, 4) is 6.07 Å². The molecule has 0 radical (unpaired) electrons. The van der Waals surface area contributed by atoms with Gasteiger partial charge in [-0.2, -0.15) is 35.2 Å². The Balaban J connectivity index is 0.000000206. The van der Waals surface area contributed by atoms with Crippen molar-refractivity contribution in [2.45, 2.75) is 39.5 Å². The maximum absolute atomic E-state index is 12.1. The topological polar surface area (TPSA) is 104 Å². The van der Waals surface area contributed by atoms with Crippen molar-refractivity contribution in [3.05, 3.63) is 93.5 Å². The van der Waals surface area contributed by atoms with Crippen LogP contribution < -0.4 is 0 Å². The Labute approximate surface area is 221 Å². The molecule has 0 aliphatic heterocycles. The van der Waals surface area contributed by atoms with Gasteiger partial charge in [0.1, 0.15) is 24.7 Å². The Kier molecular flexibility index (Phi) is 11.8. The molecule has 9 nitrogen and oxygen atoms in total.